The van der Waals surface area contributed by atoms with Crippen LogP contribution in [-0.4, -0.2) is 32.5 Å². The Balaban J connectivity index is 2.29. The van der Waals surface area contributed by atoms with Gasteiger partial charge in [0.2, 0.25) is 0 Å². The monoisotopic (exact) mass is 295 g/mol. The van der Waals surface area contributed by atoms with Crippen molar-refractivity contribution in [1.82, 2.24) is 5.32 Å². The molecule has 0 saturated heterocycles. The van der Waals surface area contributed by atoms with E-state index in [9.17, 15) is 13.2 Å². The summed E-state index contributed by atoms with van der Waals surface area (Å²) in [5, 5.41) is 3.12. The van der Waals surface area contributed by atoms with Gasteiger partial charge in [-0.05, 0) is 38.4 Å². The Morgan fingerprint density at radius 2 is 2.00 bits per heavy atom. The van der Waals surface area contributed by atoms with E-state index in [1.807, 2.05) is 7.05 Å². The van der Waals surface area contributed by atoms with Crippen LogP contribution in [0, 0.1) is 0 Å². The molecule has 1 atom stereocenters. The van der Waals surface area contributed by atoms with E-state index >= 15 is 0 Å². The van der Waals surface area contributed by atoms with Crippen LogP contribution in [0.1, 0.15) is 23.1 Å². The lowest BCUT2D eigenvalue weighted by Gasteiger charge is -2.15. The predicted molar refractivity (Wildman–Crippen MR) is 71.7 cm³/mol. The zero-order valence-corrected chi connectivity index (χ0v) is 12.0. The topological polar surface area (TPSA) is 21.3 Å². The molecule has 0 aliphatic heterocycles. The molecule has 2 nitrogen and oxygen atoms in total. The van der Waals surface area contributed by atoms with Crippen molar-refractivity contribution in [1.29, 1.82) is 0 Å². The van der Waals surface area contributed by atoms with Gasteiger partial charge in [0, 0.05) is 22.4 Å². The van der Waals surface area contributed by atoms with Crippen molar-refractivity contribution in [3.8, 4) is 0 Å². The van der Waals surface area contributed by atoms with Crippen LogP contribution in [0.5, 0.6) is 0 Å². The molecule has 0 spiro atoms. The molecule has 0 bridgehead atoms. The standard InChI is InChI=1S/C13H20F3NOS/c1-3-11-4-5-12(19-11)8-10(17-2)6-7-18-9-13(14,15)16/h4-5,10,17H,3,6-9H2,1-2H3. The molecule has 6 heteroatoms. The third-order valence-electron chi connectivity index (χ3n) is 2.80. The maximum Gasteiger partial charge on any atom is 0.411 e. The summed E-state index contributed by atoms with van der Waals surface area (Å²) in [6.07, 6.45) is -1.81. The molecule has 0 saturated carbocycles. The fourth-order valence-electron chi connectivity index (χ4n) is 1.73. The molecule has 1 aromatic heterocycles. The summed E-state index contributed by atoms with van der Waals surface area (Å²) in [6.45, 7) is 1.07. The number of hydrogen-bond acceptors (Lipinski definition) is 3. The first-order chi connectivity index (χ1) is 8.94. The lowest BCUT2D eigenvalue weighted by atomic mass is 10.1. The van der Waals surface area contributed by atoms with Gasteiger partial charge in [-0.25, -0.2) is 0 Å². The van der Waals surface area contributed by atoms with Crippen LogP contribution in [0.4, 0.5) is 13.2 Å². The zero-order chi connectivity index (χ0) is 14.3. The predicted octanol–water partition coefficient (Wildman–Crippen LogP) is 3.41. The second-order valence-electron chi connectivity index (χ2n) is 4.37. The summed E-state index contributed by atoms with van der Waals surface area (Å²) in [5.74, 6) is 0. The van der Waals surface area contributed by atoms with Gasteiger partial charge in [0.1, 0.15) is 6.61 Å². The van der Waals surface area contributed by atoms with Gasteiger partial charge in [0.15, 0.2) is 0 Å². The summed E-state index contributed by atoms with van der Waals surface area (Å²) < 4.78 is 40.4. The number of halogens is 3. The molecule has 1 rings (SSSR count). The number of rotatable bonds is 8. The van der Waals surface area contributed by atoms with Crippen LogP contribution in [-0.2, 0) is 17.6 Å². The van der Waals surface area contributed by atoms with Gasteiger partial charge in [-0.15, -0.1) is 11.3 Å². The average Bonchev–Trinajstić information content (AvgIpc) is 2.79. The molecule has 0 amide bonds. The molecule has 110 valence electrons. The number of thiophene rings is 1. The fraction of sp³-hybridized carbons (Fsp3) is 0.692. The van der Waals surface area contributed by atoms with E-state index in [1.165, 1.54) is 9.75 Å². The molecular formula is C13H20F3NOS. The van der Waals surface area contributed by atoms with Crippen LogP contribution >= 0.6 is 11.3 Å². The molecule has 19 heavy (non-hydrogen) atoms. The minimum atomic E-state index is -4.24. The van der Waals surface area contributed by atoms with E-state index in [0.29, 0.717) is 6.42 Å². The maximum absolute atomic E-state index is 11.9. The molecule has 0 aromatic carbocycles. The van der Waals surface area contributed by atoms with Crippen molar-refractivity contribution in [3.63, 3.8) is 0 Å². The molecule has 0 fully saturated rings. The largest absolute Gasteiger partial charge is 0.411 e. The number of alkyl halides is 3. The highest BCUT2D eigenvalue weighted by atomic mass is 32.1. The average molecular weight is 295 g/mol. The van der Waals surface area contributed by atoms with Crippen molar-refractivity contribution >= 4 is 11.3 Å². The summed E-state index contributed by atoms with van der Waals surface area (Å²) in [7, 11) is 1.82. The highest BCUT2D eigenvalue weighted by molar-refractivity contribution is 7.11. The Labute approximate surface area is 116 Å². The van der Waals surface area contributed by atoms with Crippen molar-refractivity contribution in [3.05, 3.63) is 21.9 Å². The first-order valence-electron chi connectivity index (χ1n) is 6.34. The summed E-state index contributed by atoms with van der Waals surface area (Å²) in [6, 6.07) is 4.34. The molecule has 1 aromatic rings. The lowest BCUT2D eigenvalue weighted by Crippen LogP contribution is -2.29. The third-order valence-corrected chi connectivity index (χ3v) is 4.05. The highest BCUT2D eigenvalue weighted by Gasteiger charge is 2.27. The Bertz CT molecular complexity index is 365. The Morgan fingerprint density at radius 1 is 1.32 bits per heavy atom. The lowest BCUT2D eigenvalue weighted by molar-refractivity contribution is -0.174. The van der Waals surface area contributed by atoms with E-state index in [0.717, 1.165) is 12.8 Å². The molecular weight excluding hydrogens is 275 g/mol. The van der Waals surface area contributed by atoms with Crippen LogP contribution in [0.2, 0.25) is 0 Å². The van der Waals surface area contributed by atoms with E-state index in [1.54, 1.807) is 11.3 Å². The fourth-order valence-corrected chi connectivity index (χ4v) is 2.76. The van der Waals surface area contributed by atoms with Gasteiger partial charge < -0.3 is 10.1 Å². The zero-order valence-electron chi connectivity index (χ0n) is 11.2. The number of hydrogen-bond donors (Lipinski definition) is 1. The minimum absolute atomic E-state index is 0.122. The molecule has 0 aliphatic carbocycles. The van der Waals surface area contributed by atoms with Gasteiger partial charge in [-0.3, -0.25) is 0 Å². The van der Waals surface area contributed by atoms with Crippen LogP contribution in [0.25, 0.3) is 0 Å². The van der Waals surface area contributed by atoms with Gasteiger partial charge in [-0.1, -0.05) is 6.92 Å². The summed E-state index contributed by atoms with van der Waals surface area (Å²) in [4.78, 5) is 2.59. The molecule has 0 radical (unpaired) electrons. The normalized spacial score (nSPS) is 13.7. The number of aryl methyl sites for hydroxylation is 1. The minimum Gasteiger partial charge on any atom is -0.372 e. The Hall–Kier alpha value is -0.590. The van der Waals surface area contributed by atoms with Gasteiger partial charge >= 0.3 is 6.18 Å². The smallest absolute Gasteiger partial charge is 0.372 e. The molecule has 1 heterocycles. The van der Waals surface area contributed by atoms with Crippen molar-refractivity contribution in [2.45, 2.75) is 38.4 Å². The second kappa shape index (κ2) is 7.87. The second-order valence-corrected chi connectivity index (χ2v) is 5.62. The number of nitrogens with one attached hydrogen (secondary N) is 1. The molecule has 1 N–H and O–H groups in total. The maximum atomic E-state index is 11.9. The van der Waals surface area contributed by atoms with Crippen molar-refractivity contribution in [2.24, 2.45) is 0 Å². The molecule has 0 aliphatic rings. The number of ether oxygens (including phenoxy) is 1. The van der Waals surface area contributed by atoms with Gasteiger partial charge in [0.25, 0.3) is 0 Å². The van der Waals surface area contributed by atoms with Gasteiger partial charge in [-0.2, -0.15) is 13.2 Å². The SMILES string of the molecule is CCc1ccc(CC(CCOCC(F)(F)F)NC)s1. The Morgan fingerprint density at radius 3 is 2.53 bits per heavy atom. The highest BCUT2D eigenvalue weighted by Crippen LogP contribution is 2.19. The van der Waals surface area contributed by atoms with Crippen molar-refractivity contribution in [2.75, 3.05) is 20.3 Å². The van der Waals surface area contributed by atoms with E-state index < -0.39 is 12.8 Å². The first-order valence-corrected chi connectivity index (χ1v) is 7.15. The van der Waals surface area contributed by atoms with Crippen LogP contribution in [0.3, 0.4) is 0 Å². The number of likely N-dealkylation sites (N-methyl/N-ethyl adjacent to an activating group) is 1. The third kappa shape index (κ3) is 6.94. The first kappa shape index (κ1) is 16.5. The van der Waals surface area contributed by atoms with Crippen LogP contribution in [0.15, 0.2) is 12.1 Å². The van der Waals surface area contributed by atoms with E-state index in [4.69, 9.17) is 0 Å². The quantitative estimate of drug-likeness (QED) is 0.742. The van der Waals surface area contributed by atoms with E-state index in [-0.39, 0.29) is 12.6 Å². The van der Waals surface area contributed by atoms with Gasteiger partial charge in [0.05, 0.1) is 0 Å². The van der Waals surface area contributed by atoms with Crippen LogP contribution < -0.4 is 5.32 Å². The summed E-state index contributed by atoms with van der Waals surface area (Å²) >= 11 is 1.76. The van der Waals surface area contributed by atoms with E-state index in [2.05, 4.69) is 29.1 Å². The van der Waals surface area contributed by atoms with Crippen molar-refractivity contribution < 1.29 is 17.9 Å². The Kier molecular flexibility index (Phi) is 6.82. The summed E-state index contributed by atoms with van der Waals surface area (Å²) in [5.41, 5.74) is 0. The molecule has 1 unspecified atom stereocenters.